The fraction of sp³-hybridized carbons (Fsp3) is 0.577. The van der Waals surface area contributed by atoms with E-state index in [-0.39, 0.29) is 17.7 Å². The van der Waals surface area contributed by atoms with Gasteiger partial charge in [-0.25, -0.2) is 4.98 Å². The molecule has 11 heteroatoms. The van der Waals surface area contributed by atoms with E-state index in [0.717, 1.165) is 37.5 Å². The molecule has 0 bridgehead atoms. The van der Waals surface area contributed by atoms with Crippen molar-refractivity contribution in [3.8, 4) is 17.2 Å². The summed E-state index contributed by atoms with van der Waals surface area (Å²) < 4.78 is 21.4. The lowest BCUT2D eigenvalue weighted by Gasteiger charge is -2.34. The van der Waals surface area contributed by atoms with Gasteiger partial charge < -0.3 is 28.7 Å². The summed E-state index contributed by atoms with van der Waals surface area (Å²) in [5.41, 5.74) is 0.974. The van der Waals surface area contributed by atoms with Gasteiger partial charge in [0, 0.05) is 64.2 Å². The first-order chi connectivity index (χ1) is 18.0. The monoisotopic (exact) mass is 532 g/mol. The molecule has 4 rings (SSSR count). The van der Waals surface area contributed by atoms with Crippen LogP contribution in [0.25, 0.3) is 0 Å². The second kappa shape index (κ2) is 12.6. The highest BCUT2D eigenvalue weighted by Crippen LogP contribution is 2.41. The van der Waals surface area contributed by atoms with Crippen molar-refractivity contribution in [3.05, 3.63) is 33.8 Å². The average molecular weight is 533 g/mol. The lowest BCUT2D eigenvalue weighted by atomic mass is 9.96. The van der Waals surface area contributed by atoms with E-state index in [2.05, 4.69) is 4.90 Å². The molecule has 0 N–H and O–H groups in total. The zero-order valence-corrected chi connectivity index (χ0v) is 22.8. The molecule has 2 fully saturated rings. The van der Waals surface area contributed by atoms with E-state index in [4.69, 9.17) is 23.9 Å². The fourth-order valence-electron chi connectivity index (χ4n) is 4.90. The van der Waals surface area contributed by atoms with E-state index in [9.17, 15) is 9.59 Å². The maximum Gasteiger partial charge on any atom is 0.273 e. The number of hydrogen-bond acceptors (Lipinski definition) is 9. The van der Waals surface area contributed by atoms with Gasteiger partial charge in [-0.2, -0.15) is 0 Å². The summed E-state index contributed by atoms with van der Waals surface area (Å²) in [6.07, 6.45) is 1.58. The van der Waals surface area contributed by atoms with Gasteiger partial charge in [-0.3, -0.25) is 14.5 Å². The summed E-state index contributed by atoms with van der Waals surface area (Å²) in [5, 5.41) is 2.85. The van der Waals surface area contributed by atoms with Gasteiger partial charge in [0.15, 0.2) is 11.5 Å². The Morgan fingerprint density at radius 1 is 0.892 bits per heavy atom. The summed E-state index contributed by atoms with van der Waals surface area (Å²) in [5.74, 6) is 1.42. The second-order valence-electron chi connectivity index (χ2n) is 9.15. The van der Waals surface area contributed by atoms with E-state index in [1.54, 1.807) is 37.7 Å². The van der Waals surface area contributed by atoms with Crippen LogP contribution in [0.3, 0.4) is 0 Å². The van der Waals surface area contributed by atoms with E-state index >= 15 is 0 Å². The molecule has 1 aromatic carbocycles. The standard InChI is InChI=1S/C26H36N4O6S/c1-33-16-15-28-11-13-30(14-12-28)26(32)20-17-37-24(27-20)18-7-9-29(10-8-18)25(31)19-5-6-21(34-2)23(36-4)22(19)35-3/h5-6,17-18H,7-16H2,1-4H3. The quantitative estimate of drug-likeness (QED) is 0.487. The molecule has 2 amide bonds. The Bertz CT molecular complexity index is 1080. The molecule has 2 saturated heterocycles. The van der Waals surface area contributed by atoms with Crippen molar-refractivity contribution in [2.75, 3.05) is 80.9 Å². The Balaban J connectivity index is 1.34. The topological polar surface area (TPSA) is 93.7 Å². The van der Waals surface area contributed by atoms with E-state index in [1.807, 2.05) is 15.2 Å². The van der Waals surface area contributed by atoms with Gasteiger partial charge in [-0.05, 0) is 25.0 Å². The number of nitrogens with zero attached hydrogens (tertiary/aromatic N) is 4. The minimum absolute atomic E-state index is 0.00190. The lowest BCUT2D eigenvalue weighted by molar-refractivity contribution is 0.0589. The Labute approximate surface area is 222 Å². The third kappa shape index (κ3) is 6.00. The Kier molecular flexibility index (Phi) is 9.23. The van der Waals surface area contributed by atoms with Crippen LogP contribution in [0.2, 0.25) is 0 Å². The first-order valence-electron chi connectivity index (χ1n) is 12.5. The highest BCUT2D eigenvalue weighted by molar-refractivity contribution is 7.09. The SMILES string of the molecule is COCCN1CCN(C(=O)c2csc(C3CCN(C(=O)c4ccc(OC)c(OC)c4OC)CC3)n2)CC1. The number of likely N-dealkylation sites (tertiary alicyclic amines) is 1. The third-order valence-electron chi connectivity index (χ3n) is 7.08. The van der Waals surface area contributed by atoms with E-state index < -0.39 is 0 Å². The van der Waals surface area contributed by atoms with Gasteiger partial charge in [0.2, 0.25) is 5.75 Å². The van der Waals surface area contributed by atoms with E-state index in [1.165, 1.54) is 14.2 Å². The zero-order chi connectivity index (χ0) is 26.4. The number of methoxy groups -OCH3 is 4. The summed E-state index contributed by atoms with van der Waals surface area (Å²) in [4.78, 5) is 37.1. The summed E-state index contributed by atoms with van der Waals surface area (Å²) in [7, 11) is 6.29. The van der Waals surface area contributed by atoms with Crippen molar-refractivity contribution in [2.45, 2.75) is 18.8 Å². The summed E-state index contributed by atoms with van der Waals surface area (Å²) >= 11 is 1.54. The van der Waals surface area contributed by atoms with Crippen LogP contribution in [0.5, 0.6) is 17.2 Å². The first kappa shape index (κ1) is 27.2. The number of carbonyl (C=O) groups is 2. The molecule has 0 unspecified atom stereocenters. The van der Waals surface area contributed by atoms with Crippen LogP contribution in [-0.4, -0.2) is 112 Å². The van der Waals surface area contributed by atoms with Crippen molar-refractivity contribution in [1.29, 1.82) is 0 Å². The van der Waals surface area contributed by atoms with Gasteiger partial charge in [0.25, 0.3) is 11.8 Å². The summed E-state index contributed by atoms with van der Waals surface area (Å²) in [6, 6.07) is 3.43. The van der Waals surface area contributed by atoms with Crippen LogP contribution in [0.1, 0.15) is 44.6 Å². The minimum atomic E-state index is -0.101. The predicted molar refractivity (Wildman–Crippen MR) is 140 cm³/mol. The molecule has 0 aliphatic carbocycles. The zero-order valence-electron chi connectivity index (χ0n) is 22.0. The number of benzene rings is 1. The number of ether oxygens (including phenoxy) is 4. The average Bonchev–Trinajstić information content (AvgIpc) is 3.45. The largest absolute Gasteiger partial charge is 0.493 e. The molecule has 0 atom stereocenters. The van der Waals surface area contributed by atoms with Crippen molar-refractivity contribution >= 4 is 23.2 Å². The summed E-state index contributed by atoms with van der Waals surface area (Å²) in [6.45, 7) is 5.91. The van der Waals surface area contributed by atoms with Crippen LogP contribution >= 0.6 is 11.3 Å². The Hall–Kier alpha value is -2.89. The molecule has 202 valence electrons. The molecule has 37 heavy (non-hydrogen) atoms. The Morgan fingerprint density at radius 3 is 2.19 bits per heavy atom. The Morgan fingerprint density at radius 2 is 1.57 bits per heavy atom. The van der Waals surface area contributed by atoms with Crippen molar-refractivity contribution in [1.82, 2.24) is 19.7 Å². The molecular weight excluding hydrogens is 496 g/mol. The number of aromatic nitrogens is 1. The van der Waals surface area contributed by atoms with Crippen LogP contribution in [0.4, 0.5) is 0 Å². The molecule has 0 saturated carbocycles. The maximum atomic E-state index is 13.3. The van der Waals surface area contributed by atoms with Gasteiger partial charge in [0.1, 0.15) is 5.69 Å². The van der Waals surface area contributed by atoms with Crippen LogP contribution in [0, 0.1) is 0 Å². The van der Waals surface area contributed by atoms with E-state index in [0.29, 0.717) is 61.3 Å². The number of carbonyl (C=O) groups excluding carboxylic acids is 2. The van der Waals surface area contributed by atoms with Crippen molar-refractivity contribution in [2.24, 2.45) is 0 Å². The van der Waals surface area contributed by atoms with Gasteiger partial charge >= 0.3 is 0 Å². The van der Waals surface area contributed by atoms with Crippen LogP contribution in [0.15, 0.2) is 17.5 Å². The highest BCUT2D eigenvalue weighted by atomic mass is 32.1. The van der Waals surface area contributed by atoms with Gasteiger partial charge in [-0.1, -0.05) is 0 Å². The molecule has 1 aromatic heterocycles. The normalized spacial score (nSPS) is 17.1. The number of rotatable bonds is 9. The molecular formula is C26H36N4O6S. The molecule has 10 nitrogen and oxygen atoms in total. The molecule has 2 aliphatic rings. The first-order valence-corrected chi connectivity index (χ1v) is 13.4. The van der Waals surface area contributed by atoms with Crippen molar-refractivity contribution < 1.29 is 28.5 Å². The lowest BCUT2D eigenvalue weighted by Crippen LogP contribution is -2.49. The fourth-order valence-corrected chi connectivity index (χ4v) is 5.86. The number of amides is 2. The minimum Gasteiger partial charge on any atom is -0.493 e. The second-order valence-corrected chi connectivity index (χ2v) is 10.0. The maximum absolute atomic E-state index is 13.3. The smallest absolute Gasteiger partial charge is 0.273 e. The number of piperazine rings is 1. The van der Waals surface area contributed by atoms with Gasteiger partial charge in [0.05, 0.1) is 38.5 Å². The highest BCUT2D eigenvalue weighted by Gasteiger charge is 2.30. The molecule has 0 radical (unpaired) electrons. The van der Waals surface area contributed by atoms with Crippen LogP contribution < -0.4 is 14.2 Å². The molecule has 2 aliphatic heterocycles. The third-order valence-corrected chi connectivity index (χ3v) is 8.09. The predicted octanol–water partition coefficient (Wildman–Crippen LogP) is 2.59. The van der Waals surface area contributed by atoms with Crippen molar-refractivity contribution in [3.63, 3.8) is 0 Å². The number of piperidine rings is 1. The molecule has 2 aromatic rings. The van der Waals surface area contributed by atoms with Crippen LogP contribution in [-0.2, 0) is 4.74 Å². The van der Waals surface area contributed by atoms with Gasteiger partial charge in [-0.15, -0.1) is 11.3 Å². The molecule has 3 heterocycles. The number of thiazole rings is 1. The number of hydrogen-bond donors (Lipinski definition) is 0. The molecule has 0 spiro atoms.